The molecule has 0 fully saturated rings. The van der Waals surface area contributed by atoms with Crippen molar-refractivity contribution >= 4 is 27.8 Å². The lowest BCUT2D eigenvalue weighted by molar-refractivity contribution is 0.415. The molecule has 0 radical (unpaired) electrons. The third kappa shape index (κ3) is 2.63. The second-order valence-electron chi connectivity index (χ2n) is 5.81. The summed E-state index contributed by atoms with van der Waals surface area (Å²) in [6.45, 7) is 0. The molecular formula is C18H17N3O2S. The Hall–Kier alpha value is -2.47. The Morgan fingerprint density at radius 3 is 3.08 bits per heavy atom. The molecule has 0 unspecified atom stereocenters. The van der Waals surface area contributed by atoms with E-state index in [4.69, 9.17) is 4.74 Å². The van der Waals surface area contributed by atoms with E-state index in [-0.39, 0.29) is 5.56 Å². The Balaban J connectivity index is 1.75. The third-order valence-corrected chi connectivity index (χ3v) is 5.48. The molecule has 1 aliphatic carbocycles. The van der Waals surface area contributed by atoms with Gasteiger partial charge in [-0.25, -0.2) is 4.98 Å². The summed E-state index contributed by atoms with van der Waals surface area (Å²) in [7, 11) is 1.62. The molecule has 0 saturated heterocycles. The third-order valence-electron chi connectivity index (χ3n) is 4.28. The first kappa shape index (κ1) is 15.1. The van der Waals surface area contributed by atoms with Crippen molar-refractivity contribution in [2.45, 2.75) is 25.7 Å². The summed E-state index contributed by atoms with van der Waals surface area (Å²) >= 11 is 1.65. The van der Waals surface area contributed by atoms with Crippen molar-refractivity contribution in [3.63, 3.8) is 0 Å². The summed E-state index contributed by atoms with van der Waals surface area (Å²) in [5.41, 5.74) is 1.97. The van der Waals surface area contributed by atoms with Crippen molar-refractivity contribution in [2.75, 3.05) is 7.11 Å². The molecule has 3 aromatic rings. The number of rotatable bonds is 3. The van der Waals surface area contributed by atoms with Crippen LogP contribution in [0.25, 0.3) is 10.2 Å². The molecular weight excluding hydrogens is 322 g/mol. The van der Waals surface area contributed by atoms with Crippen molar-refractivity contribution in [3.8, 4) is 5.75 Å². The predicted molar refractivity (Wildman–Crippen MR) is 96.5 cm³/mol. The summed E-state index contributed by atoms with van der Waals surface area (Å²) < 4.78 is 6.52. The number of hydrogen-bond donors (Lipinski definition) is 0. The largest absolute Gasteiger partial charge is 0.497 e. The topological polar surface area (TPSA) is 56.5 Å². The van der Waals surface area contributed by atoms with Crippen LogP contribution < -0.4 is 10.3 Å². The molecule has 0 amide bonds. The molecule has 1 aliphatic rings. The minimum absolute atomic E-state index is 0.0847. The van der Waals surface area contributed by atoms with E-state index in [1.807, 2.05) is 24.3 Å². The minimum Gasteiger partial charge on any atom is -0.497 e. The first-order valence-corrected chi connectivity index (χ1v) is 8.78. The minimum atomic E-state index is -0.0847. The fourth-order valence-electron chi connectivity index (χ4n) is 3.07. The van der Waals surface area contributed by atoms with Crippen molar-refractivity contribution in [3.05, 3.63) is 57.0 Å². The fourth-order valence-corrected chi connectivity index (χ4v) is 4.29. The van der Waals surface area contributed by atoms with Gasteiger partial charge in [-0.1, -0.05) is 12.1 Å². The van der Waals surface area contributed by atoms with E-state index in [0.29, 0.717) is 0 Å². The molecule has 0 atom stereocenters. The van der Waals surface area contributed by atoms with E-state index in [0.717, 1.165) is 40.8 Å². The zero-order chi connectivity index (χ0) is 16.5. The van der Waals surface area contributed by atoms with E-state index in [1.54, 1.807) is 24.7 Å². The first-order chi connectivity index (χ1) is 11.8. The summed E-state index contributed by atoms with van der Waals surface area (Å²) in [5.74, 6) is 0.756. The molecule has 6 heteroatoms. The molecule has 0 N–H and O–H groups in total. The van der Waals surface area contributed by atoms with Crippen LogP contribution in [0.1, 0.15) is 28.8 Å². The predicted octanol–water partition coefficient (Wildman–Crippen LogP) is 3.23. The van der Waals surface area contributed by atoms with Crippen LogP contribution in [0.2, 0.25) is 0 Å². The van der Waals surface area contributed by atoms with Crippen LogP contribution in [-0.4, -0.2) is 23.0 Å². The molecule has 122 valence electrons. The average molecular weight is 339 g/mol. The second-order valence-corrected chi connectivity index (χ2v) is 6.89. The number of hydrogen-bond acceptors (Lipinski definition) is 5. The van der Waals surface area contributed by atoms with E-state index < -0.39 is 0 Å². The molecule has 24 heavy (non-hydrogen) atoms. The molecule has 0 bridgehead atoms. The van der Waals surface area contributed by atoms with Crippen LogP contribution in [0.5, 0.6) is 5.75 Å². The Morgan fingerprint density at radius 1 is 1.33 bits per heavy atom. The average Bonchev–Trinajstić information content (AvgIpc) is 3.00. The number of nitrogens with zero attached hydrogens (tertiary/aromatic N) is 3. The van der Waals surface area contributed by atoms with E-state index in [9.17, 15) is 4.79 Å². The van der Waals surface area contributed by atoms with Gasteiger partial charge in [0, 0.05) is 4.88 Å². The standard InChI is InChI=1S/C18H17N3O2S/c1-23-13-6-4-5-12(9-13)10-20-21-11-19-17-16(18(21)22)14-7-2-3-8-15(14)24-17/h4-6,9-11H,2-3,7-8H2,1H3/b20-10+. The summed E-state index contributed by atoms with van der Waals surface area (Å²) in [4.78, 5) is 19.4. The van der Waals surface area contributed by atoms with Gasteiger partial charge >= 0.3 is 0 Å². The zero-order valence-corrected chi connectivity index (χ0v) is 14.2. The van der Waals surface area contributed by atoms with Crippen molar-refractivity contribution < 1.29 is 4.74 Å². The van der Waals surface area contributed by atoms with Crippen molar-refractivity contribution in [1.29, 1.82) is 0 Å². The van der Waals surface area contributed by atoms with Crippen LogP contribution in [0.15, 0.2) is 40.5 Å². The lowest BCUT2D eigenvalue weighted by atomic mass is 9.97. The Bertz CT molecular complexity index is 988. The lowest BCUT2D eigenvalue weighted by Gasteiger charge is -2.09. The summed E-state index contributed by atoms with van der Waals surface area (Å²) in [6.07, 6.45) is 7.51. The maximum atomic E-state index is 12.8. The van der Waals surface area contributed by atoms with Gasteiger partial charge in [0.2, 0.25) is 0 Å². The van der Waals surface area contributed by atoms with E-state index >= 15 is 0 Å². The molecule has 4 rings (SSSR count). The van der Waals surface area contributed by atoms with Gasteiger partial charge in [-0.3, -0.25) is 4.79 Å². The van der Waals surface area contributed by atoms with Crippen LogP contribution >= 0.6 is 11.3 Å². The first-order valence-electron chi connectivity index (χ1n) is 7.96. The lowest BCUT2D eigenvalue weighted by Crippen LogP contribution is -2.18. The molecule has 2 heterocycles. The highest BCUT2D eigenvalue weighted by Crippen LogP contribution is 2.33. The Kier molecular flexibility index (Phi) is 3.90. The number of aryl methyl sites for hydroxylation is 2. The highest BCUT2D eigenvalue weighted by atomic mass is 32.1. The van der Waals surface area contributed by atoms with E-state index in [2.05, 4.69) is 10.1 Å². The van der Waals surface area contributed by atoms with Gasteiger partial charge in [-0.05, 0) is 48.9 Å². The zero-order valence-electron chi connectivity index (χ0n) is 13.4. The molecule has 1 aromatic carbocycles. The van der Waals surface area contributed by atoms with Crippen LogP contribution in [-0.2, 0) is 12.8 Å². The van der Waals surface area contributed by atoms with Gasteiger partial charge < -0.3 is 4.74 Å². The van der Waals surface area contributed by atoms with Gasteiger partial charge in [0.15, 0.2) is 0 Å². The number of fused-ring (bicyclic) bond motifs is 3. The van der Waals surface area contributed by atoms with Gasteiger partial charge in [0.1, 0.15) is 16.9 Å². The van der Waals surface area contributed by atoms with Crippen molar-refractivity contribution in [1.82, 2.24) is 9.66 Å². The Labute approximate surface area is 143 Å². The molecule has 0 saturated carbocycles. The number of methoxy groups -OCH3 is 1. The van der Waals surface area contributed by atoms with Gasteiger partial charge in [-0.15, -0.1) is 11.3 Å². The maximum absolute atomic E-state index is 12.8. The van der Waals surface area contributed by atoms with Gasteiger partial charge in [0.25, 0.3) is 5.56 Å². The highest BCUT2D eigenvalue weighted by molar-refractivity contribution is 7.18. The van der Waals surface area contributed by atoms with Crippen LogP contribution in [0.3, 0.4) is 0 Å². The maximum Gasteiger partial charge on any atom is 0.282 e. The Morgan fingerprint density at radius 2 is 2.21 bits per heavy atom. The van der Waals surface area contributed by atoms with E-state index in [1.165, 1.54) is 27.9 Å². The smallest absolute Gasteiger partial charge is 0.282 e. The quantitative estimate of drug-likeness (QED) is 0.689. The molecule has 0 aliphatic heterocycles. The number of aromatic nitrogens is 2. The normalized spacial score (nSPS) is 14.2. The summed E-state index contributed by atoms with van der Waals surface area (Å²) in [5, 5.41) is 5.05. The summed E-state index contributed by atoms with van der Waals surface area (Å²) in [6, 6.07) is 7.54. The fraction of sp³-hybridized carbons (Fsp3) is 0.278. The number of benzene rings is 1. The molecule has 0 spiro atoms. The second kappa shape index (κ2) is 6.20. The van der Waals surface area contributed by atoms with Crippen LogP contribution in [0.4, 0.5) is 0 Å². The number of ether oxygens (including phenoxy) is 1. The highest BCUT2D eigenvalue weighted by Gasteiger charge is 2.19. The van der Waals surface area contributed by atoms with Crippen LogP contribution in [0, 0.1) is 0 Å². The molecule has 5 nitrogen and oxygen atoms in total. The van der Waals surface area contributed by atoms with Gasteiger partial charge in [-0.2, -0.15) is 9.78 Å². The number of thiophene rings is 1. The molecule has 2 aromatic heterocycles. The van der Waals surface area contributed by atoms with Crippen molar-refractivity contribution in [2.24, 2.45) is 5.10 Å². The monoisotopic (exact) mass is 339 g/mol. The van der Waals surface area contributed by atoms with Gasteiger partial charge in [0.05, 0.1) is 18.7 Å². The SMILES string of the molecule is COc1cccc(/C=N/n2cnc3sc4c(c3c2=O)CCCC4)c1.